The SMILES string of the molecule is Cc1cc(-c2c(-c3ccccc3)nc(N)n3c(=O)n(C(C)c4ccncc4)nc23)cc(C)n1. The van der Waals surface area contributed by atoms with Crippen molar-refractivity contribution in [2.45, 2.75) is 26.8 Å². The Labute approximate surface area is 190 Å². The Hall–Kier alpha value is -4.33. The number of nitrogen functional groups attached to an aromatic ring is 1. The Morgan fingerprint density at radius 2 is 1.58 bits per heavy atom. The second-order valence-corrected chi connectivity index (χ2v) is 8.04. The number of hydrogen-bond donors (Lipinski definition) is 1. The second-order valence-electron chi connectivity index (χ2n) is 8.04. The topological polar surface area (TPSA) is 104 Å². The summed E-state index contributed by atoms with van der Waals surface area (Å²) in [4.78, 5) is 26.7. The van der Waals surface area contributed by atoms with Gasteiger partial charge >= 0.3 is 5.69 Å². The van der Waals surface area contributed by atoms with Crippen LogP contribution in [-0.2, 0) is 0 Å². The zero-order valence-electron chi connectivity index (χ0n) is 18.6. The van der Waals surface area contributed by atoms with Crippen molar-refractivity contribution in [3.63, 3.8) is 0 Å². The van der Waals surface area contributed by atoms with E-state index in [4.69, 9.17) is 10.8 Å². The molecule has 164 valence electrons. The third-order valence-corrected chi connectivity index (χ3v) is 5.69. The van der Waals surface area contributed by atoms with Crippen molar-refractivity contribution < 1.29 is 0 Å². The highest BCUT2D eigenvalue weighted by Gasteiger charge is 2.24. The number of anilines is 1. The molecular weight excluding hydrogens is 414 g/mol. The van der Waals surface area contributed by atoms with Crippen molar-refractivity contribution in [1.82, 2.24) is 29.1 Å². The van der Waals surface area contributed by atoms with Crippen LogP contribution in [0.2, 0.25) is 0 Å². The number of nitrogens with two attached hydrogens (primary N) is 1. The minimum absolute atomic E-state index is 0.0910. The number of rotatable bonds is 4. The van der Waals surface area contributed by atoms with Crippen molar-refractivity contribution >= 4 is 11.6 Å². The molecule has 8 heteroatoms. The number of aromatic nitrogens is 6. The number of pyridine rings is 2. The van der Waals surface area contributed by atoms with Crippen LogP contribution in [0.4, 0.5) is 5.95 Å². The fraction of sp³-hybridized carbons (Fsp3) is 0.160. The quantitative estimate of drug-likeness (QED) is 0.458. The first-order valence-corrected chi connectivity index (χ1v) is 10.7. The number of fused-ring (bicyclic) bond motifs is 1. The maximum Gasteiger partial charge on any atom is 0.353 e. The van der Waals surface area contributed by atoms with Gasteiger partial charge < -0.3 is 5.73 Å². The van der Waals surface area contributed by atoms with Crippen molar-refractivity contribution in [2.75, 3.05) is 5.73 Å². The molecule has 0 saturated heterocycles. The molecule has 4 heterocycles. The van der Waals surface area contributed by atoms with Crippen LogP contribution < -0.4 is 11.4 Å². The zero-order chi connectivity index (χ0) is 23.1. The Morgan fingerprint density at radius 3 is 2.24 bits per heavy atom. The standard InChI is InChI=1S/C25H23N7O/c1-15-13-20(14-16(2)28-15)21-22(19-7-5-4-6-8-19)29-24(26)31-23(21)30-32(25(31)33)17(3)18-9-11-27-12-10-18/h4-14,17H,1-3H3,(H2,26,29). The number of benzene rings is 1. The van der Waals surface area contributed by atoms with Gasteiger partial charge in [-0.2, -0.15) is 0 Å². The van der Waals surface area contributed by atoms with E-state index in [0.717, 1.165) is 33.6 Å². The lowest BCUT2D eigenvalue weighted by Gasteiger charge is -2.13. The first-order chi connectivity index (χ1) is 15.9. The lowest BCUT2D eigenvalue weighted by molar-refractivity contribution is 0.544. The molecule has 0 aliphatic rings. The molecule has 0 aliphatic carbocycles. The minimum atomic E-state index is -0.345. The van der Waals surface area contributed by atoms with Crippen molar-refractivity contribution in [1.29, 1.82) is 0 Å². The molecule has 2 N–H and O–H groups in total. The Bertz CT molecular complexity index is 1500. The van der Waals surface area contributed by atoms with Crippen molar-refractivity contribution in [3.05, 3.63) is 94.4 Å². The smallest absolute Gasteiger partial charge is 0.353 e. The molecule has 33 heavy (non-hydrogen) atoms. The Kier molecular flexibility index (Phi) is 4.97. The first kappa shape index (κ1) is 20.6. The average molecular weight is 438 g/mol. The molecule has 0 amide bonds. The number of hydrogen-bond acceptors (Lipinski definition) is 6. The molecule has 0 bridgehead atoms. The minimum Gasteiger partial charge on any atom is -0.369 e. The predicted molar refractivity (Wildman–Crippen MR) is 128 cm³/mol. The summed E-state index contributed by atoms with van der Waals surface area (Å²) in [6, 6.07) is 17.2. The monoisotopic (exact) mass is 437 g/mol. The summed E-state index contributed by atoms with van der Waals surface area (Å²) in [6.45, 7) is 5.80. The van der Waals surface area contributed by atoms with E-state index in [1.54, 1.807) is 12.4 Å². The van der Waals surface area contributed by atoms with Crippen LogP contribution >= 0.6 is 0 Å². The zero-order valence-corrected chi connectivity index (χ0v) is 18.6. The van der Waals surface area contributed by atoms with Gasteiger partial charge in [0.05, 0.1) is 17.3 Å². The molecule has 8 nitrogen and oxygen atoms in total. The van der Waals surface area contributed by atoms with Gasteiger partial charge in [0.1, 0.15) is 0 Å². The molecule has 0 fully saturated rings. The van der Waals surface area contributed by atoms with Crippen LogP contribution in [0.15, 0.2) is 71.8 Å². The van der Waals surface area contributed by atoms with Gasteiger partial charge in [-0.1, -0.05) is 30.3 Å². The molecule has 0 spiro atoms. The van der Waals surface area contributed by atoms with E-state index in [2.05, 4.69) is 15.0 Å². The van der Waals surface area contributed by atoms with E-state index in [9.17, 15) is 4.79 Å². The van der Waals surface area contributed by atoms with Crippen LogP contribution in [0.3, 0.4) is 0 Å². The third-order valence-electron chi connectivity index (χ3n) is 5.69. The van der Waals surface area contributed by atoms with Crippen LogP contribution in [0.25, 0.3) is 28.0 Å². The summed E-state index contributed by atoms with van der Waals surface area (Å²) >= 11 is 0. The van der Waals surface area contributed by atoms with Gasteiger partial charge in [-0.3, -0.25) is 9.97 Å². The van der Waals surface area contributed by atoms with E-state index < -0.39 is 0 Å². The normalized spacial score (nSPS) is 12.2. The molecule has 1 atom stereocenters. The second kappa shape index (κ2) is 7.98. The number of nitrogens with zero attached hydrogens (tertiary/aromatic N) is 6. The first-order valence-electron chi connectivity index (χ1n) is 10.7. The van der Waals surface area contributed by atoms with E-state index in [1.807, 2.05) is 75.4 Å². The van der Waals surface area contributed by atoms with Gasteiger partial charge in [-0.25, -0.2) is 18.9 Å². The lowest BCUT2D eigenvalue weighted by atomic mass is 9.99. The molecular formula is C25H23N7O. The van der Waals surface area contributed by atoms with E-state index in [1.165, 1.54) is 9.08 Å². The molecule has 5 aromatic rings. The van der Waals surface area contributed by atoms with Crippen LogP contribution in [0, 0.1) is 13.8 Å². The summed E-state index contributed by atoms with van der Waals surface area (Å²) in [7, 11) is 0. The molecule has 4 aromatic heterocycles. The summed E-state index contributed by atoms with van der Waals surface area (Å²) in [5.41, 5.74) is 12.3. The number of aryl methyl sites for hydroxylation is 2. The maximum atomic E-state index is 13.4. The van der Waals surface area contributed by atoms with Gasteiger partial charge in [0, 0.05) is 29.3 Å². The average Bonchev–Trinajstić information content (AvgIpc) is 3.16. The lowest BCUT2D eigenvalue weighted by Crippen LogP contribution is -2.26. The summed E-state index contributed by atoms with van der Waals surface area (Å²) < 4.78 is 2.83. The summed E-state index contributed by atoms with van der Waals surface area (Å²) in [5.74, 6) is 0.0910. The molecule has 0 radical (unpaired) electrons. The summed E-state index contributed by atoms with van der Waals surface area (Å²) in [6.07, 6.45) is 3.40. The van der Waals surface area contributed by atoms with Crippen molar-refractivity contribution in [3.8, 4) is 22.4 Å². The largest absolute Gasteiger partial charge is 0.369 e. The fourth-order valence-electron chi connectivity index (χ4n) is 4.16. The van der Waals surface area contributed by atoms with Crippen LogP contribution in [0.5, 0.6) is 0 Å². The van der Waals surface area contributed by atoms with Gasteiger partial charge in [0.2, 0.25) is 5.95 Å². The van der Waals surface area contributed by atoms with Crippen LogP contribution in [0.1, 0.15) is 29.9 Å². The van der Waals surface area contributed by atoms with Crippen LogP contribution in [-0.4, -0.2) is 29.1 Å². The molecule has 1 aromatic carbocycles. The molecule has 0 saturated carbocycles. The van der Waals surface area contributed by atoms with Gasteiger partial charge in [0.25, 0.3) is 0 Å². The Balaban J connectivity index is 1.86. The molecule has 1 unspecified atom stereocenters. The molecule has 5 rings (SSSR count). The van der Waals surface area contributed by atoms with Gasteiger partial charge in [-0.15, -0.1) is 5.10 Å². The van der Waals surface area contributed by atoms with E-state index in [-0.39, 0.29) is 17.7 Å². The van der Waals surface area contributed by atoms with E-state index >= 15 is 0 Å². The van der Waals surface area contributed by atoms with E-state index in [0.29, 0.717) is 11.3 Å². The highest BCUT2D eigenvalue weighted by molar-refractivity contribution is 5.90. The highest BCUT2D eigenvalue weighted by Crippen LogP contribution is 2.35. The summed E-state index contributed by atoms with van der Waals surface area (Å²) in [5, 5.41) is 4.78. The molecule has 0 aliphatic heterocycles. The fourth-order valence-corrected chi connectivity index (χ4v) is 4.16. The van der Waals surface area contributed by atoms with Gasteiger partial charge in [0.15, 0.2) is 5.65 Å². The van der Waals surface area contributed by atoms with Gasteiger partial charge in [-0.05, 0) is 56.2 Å². The van der Waals surface area contributed by atoms with Crippen molar-refractivity contribution in [2.24, 2.45) is 0 Å². The third kappa shape index (κ3) is 3.55. The Morgan fingerprint density at radius 1 is 0.909 bits per heavy atom. The maximum absolute atomic E-state index is 13.4. The predicted octanol–water partition coefficient (Wildman–Crippen LogP) is 3.82. The highest BCUT2D eigenvalue weighted by atomic mass is 16.2.